The van der Waals surface area contributed by atoms with Crippen LogP contribution in [0.2, 0.25) is 0 Å². The predicted octanol–water partition coefficient (Wildman–Crippen LogP) is 1.81. The van der Waals surface area contributed by atoms with Crippen molar-refractivity contribution in [2.24, 2.45) is 10.7 Å². The van der Waals surface area contributed by atoms with E-state index in [1.807, 2.05) is 56.3 Å². The Morgan fingerprint density at radius 3 is 2.59 bits per heavy atom. The Kier molecular flexibility index (Phi) is 7.13. The fourth-order valence-electron chi connectivity index (χ4n) is 2.60. The number of rotatable bonds is 7. The molecule has 8 heteroatoms. The van der Waals surface area contributed by atoms with Gasteiger partial charge < -0.3 is 21.7 Å². The maximum absolute atomic E-state index is 12.4. The third-order valence-electron chi connectivity index (χ3n) is 3.84. The molecule has 2 amide bonds. The SMILES string of the molecule is CCN=C(N)c1cnc(NC(=O)NC(CN(C)C)c2ccccc2)cc1N. The number of aliphatic imine (C=N–C) groups is 1. The van der Waals surface area contributed by atoms with Gasteiger partial charge in [0.1, 0.15) is 11.7 Å². The molecule has 2 aromatic rings. The van der Waals surface area contributed by atoms with Gasteiger partial charge in [-0.3, -0.25) is 10.3 Å². The predicted molar refractivity (Wildman–Crippen MR) is 110 cm³/mol. The fraction of sp³-hybridized carbons (Fsp3) is 0.316. The molecule has 1 unspecified atom stereocenters. The summed E-state index contributed by atoms with van der Waals surface area (Å²) in [6.45, 7) is 3.10. The minimum Gasteiger partial charge on any atom is -0.398 e. The van der Waals surface area contributed by atoms with Gasteiger partial charge >= 0.3 is 6.03 Å². The molecule has 0 saturated heterocycles. The van der Waals surface area contributed by atoms with Crippen molar-refractivity contribution >= 4 is 23.4 Å². The van der Waals surface area contributed by atoms with Gasteiger partial charge in [0.25, 0.3) is 0 Å². The van der Waals surface area contributed by atoms with Crippen molar-refractivity contribution in [1.82, 2.24) is 15.2 Å². The molecule has 8 nitrogen and oxygen atoms in total. The average molecular weight is 369 g/mol. The van der Waals surface area contributed by atoms with E-state index in [0.29, 0.717) is 36.0 Å². The van der Waals surface area contributed by atoms with Gasteiger partial charge in [0.15, 0.2) is 0 Å². The lowest BCUT2D eigenvalue weighted by Crippen LogP contribution is -2.38. The summed E-state index contributed by atoms with van der Waals surface area (Å²) in [5.74, 6) is 0.670. The number of nitrogens with two attached hydrogens (primary N) is 2. The highest BCUT2D eigenvalue weighted by atomic mass is 16.2. The van der Waals surface area contributed by atoms with Gasteiger partial charge in [-0.2, -0.15) is 0 Å². The van der Waals surface area contributed by atoms with Gasteiger partial charge in [-0.25, -0.2) is 9.78 Å². The summed E-state index contributed by atoms with van der Waals surface area (Å²) in [7, 11) is 3.91. The van der Waals surface area contributed by atoms with E-state index in [-0.39, 0.29) is 12.1 Å². The summed E-state index contributed by atoms with van der Waals surface area (Å²) in [6.07, 6.45) is 1.51. The van der Waals surface area contributed by atoms with E-state index < -0.39 is 0 Å². The first-order chi connectivity index (χ1) is 12.9. The number of nitrogen functional groups attached to an aromatic ring is 1. The Bertz CT molecular complexity index is 790. The number of anilines is 2. The standard InChI is InChI=1S/C19H27N7O/c1-4-22-18(21)14-11-23-17(10-15(14)20)25-19(27)24-16(12-26(2)3)13-8-6-5-7-9-13/h5-11,16H,4,12H2,1-3H3,(H2,21,22)(H4,20,23,24,25,27). The Morgan fingerprint density at radius 2 is 2.00 bits per heavy atom. The zero-order valence-electron chi connectivity index (χ0n) is 15.9. The number of hydrogen-bond donors (Lipinski definition) is 4. The van der Waals surface area contributed by atoms with E-state index in [1.165, 1.54) is 6.20 Å². The van der Waals surface area contributed by atoms with Crippen LogP contribution in [0, 0.1) is 0 Å². The molecule has 0 fully saturated rings. The Labute approximate surface area is 159 Å². The molecule has 0 radical (unpaired) electrons. The molecule has 0 saturated carbocycles. The molecule has 6 N–H and O–H groups in total. The van der Waals surface area contributed by atoms with Crippen LogP contribution < -0.4 is 22.1 Å². The van der Waals surface area contributed by atoms with Crippen LogP contribution in [-0.2, 0) is 0 Å². The number of amides is 2. The number of aromatic nitrogens is 1. The summed E-state index contributed by atoms with van der Waals surface area (Å²) in [5.41, 5.74) is 13.8. The molecule has 1 aromatic carbocycles. The number of carbonyl (C=O) groups is 1. The number of likely N-dealkylation sites (N-methyl/N-ethyl adjacent to an activating group) is 1. The molecule has 1 atom stereocenters. The summed E-state index contributed by atoms with van der Waals surface area (Å²) in [5, 5.41) is 5.68. The van der Waals surface area contributed by atoms with E-state index in [4.69, 9.17) is 11.5 Å². The number of nitrogens with zero attached hydrogens (tertiary/aromatic N) is 3. The first kappa shape index (κ1) is 20.2. The van der Waals surface area contributed by atoms with E-state index >= 15 is 0 Å². The van der Waals surface area contributed by atoms with Gasteiger partial charge in [0.2, 0.25) is 0 Å². The van der Waals surface area contributed by atoms with Crippen LogP contribution in [0.25, 0.3) is 0 Å². The summed E-state index contributed by atoms with van der Waals surface area (Å²) in [4.78, 5) is 22.8. The normalized spacial score (nSPS) is 12.7. The van der Waals surface area contributed by atoms with Gasteiger partial charge in [0.05, 0.1) is 11.6 Å². The first-order valence-corrected chi connectivity index (χ1v) is 8.73. The zero-order valence-corrected chi connectivity index (χ0v) is 15.9. The molecular weight excluding hydrogens is 342 g/mol. The van der Waals surface area contributed by atoms with Crippen molar-refractivity contribution in [2.45, 2.75) is 13.0 Å². The van der Waals surface area contributed by atoms with Gasteiger partial charge in [-0.15, -0.1) is 0 Å². The Balaban J connectivity index is 2.09. The summed E-state index contributed by atoms with van der Waals surface area (Å²) in [6, 6.07) is 10.8. The quantitative estimate of drug-likeness (QED) is 0.438. The molecule has 27 heavy (non-hydrogen) atoms. The average Bonchev–Trinajstić information content (AvgIpc) is 2.61. The number of hydrogen-bond acceptors (Lipinski definition) is 5. The van der Waals surface area contributed by atoms with Gasteiger partial charge in [-0.1, -0.05) is 30.3 Å². The lowest BCUT2D eigenvalue weighted by molar-refractivity contribution is 0.244. The molecule has 0 aliphatic carbocycles. The number of carbonyl (C=O) groups excluding carboxylic acids is 1. The van der Waals surface area contributed by atoms with Gasteiger partial charge in [0, 0.05) is 31.0 Å². The maximum atomic E-state index is 12.4. The molecule has 2 rings (SSSR count). The van der Waals surface area contributed by atoms with Crippen LogP contribution in [0.15, 0.2) is 47.6 Å². The number of benzene rings is 1. The van der Waals surface area contributed by atoms with Crippen molar-refractivity contribution in [2.75, 3.05) is 38.2 Å². The van der Waals surface area contributed by atoms with Crippen molar-refractivity contribution in [1.29, 1.82) is 0 Å². The van der Waals surface area contributed by atoms with Crippen LogP contribution in [0.1, 0.15) is 24.1 Å². The van der Waals surface area contributed by atoms with Crippen LogP contribution in [0.5, 0.6) is 0 Å². The van der Waals surface area contributed by atoms with E-state index in [9.17, 15) is 4.79 Å². The van der Waals surface area contributed by atoms with Crippen molar-refractivity contribution < 1.29 is 4.79 Å². The van der Waals surface area contributed by atoms with E-state index in [2.05, 4.69) is 20.6 Å². The smallest absolute Gasteiger partial charge is 0.320 e. The molecule has 0 aliphatic heterocycles. The minimum absolute atomic E-state index is 0.162. The molecular formula is C19H27N7O. The van der Waals surface area contributed by atoms with E-state index in [0.717, 1.165) is 5.56 Å². The second-order valence-corrected chi connectivity index (χ2v) is 6.34. The highest BCUT2D eigenvalue weighted by Gasteiger charge is 2.16. The lowest BCUT2D eigenvalue weighted by Gasteiger charge is -2.23. The Hall–Kier alpha value is -3.13. The molecule has 1 aromatic heterocycles. The monoisotopic (exact) mass is 369 g/mol. The van der Waals surface area contributed by atoms with Crippen LogP contribution in [0.3, 0.4) is 0 Å². The van der Waals surface area contributed by atoms with Crippen molar-refractivity contribution in [3.8, 4) is 0 Å². The molecule has 0 spiro atoms. The van der Waals surface area contributed by atoms with Crippen molar-refractivity contribution in [3.63, 3.8) is 0 Å². The van der Waals surface area contributed by atoms with Crippen LogP contribution in [0.4, 0.5) is 16.3 Å². The lowest BCUT2D eigenvalue weighted by atomic mass is 10.1. The largest absolute Gasteiger partial charge is 0.398 e. The summed E-state index contributed by atoms with van der Waals surface area (Å²) >= 11 is 0. The van der Waals surface area contributed by atoms with Gasteiger partial charge in [-0.05, 0) is 26.6 Å². The van der Waals surface area contributed by atoms with Crippen LogP contribution in [-0.4, -0.2) is 48.9 Å². The highest BCUT2D eigenvalue weighted by Crippen LogP contribution is 2.16. The number of urea groups is 1. The molecule has 144 valence electrons. The Morgan fingerprint density at radius 1 is 1.30 bits per heavy atom. The first-order valence-electron chi connectivity index (χ1n) is 8.73. The van der Waals surface area contributed by atoms with E-state index in [1.54, 1.807) is 6.07 Å². The third kappa shape index (κ3) is 5.96. The zero-order chi connectivity index (χ0) is 19.8. The van der Waals surface area contributed by atoms with Crippen LogP contribution >= 0.6 is 0 Å². The third-order valence-corrected chi connectivity index (χ3v) is 3.84. The maximum Gasteiger partial charge on any atom is 0.320 e. The molecule has 1 heterocycles. The molecule has 0 aliphatic rings. The molecule has 0 bridgehead atoms. The number of pyridine rings is 1. The highest BCUT2D eigenvalue weighted by molar-refractivity contribution is 6.02. The minimum atomic E-state index is -0.361. The fourth-order valence-corrected chi connectivity index (χ4v) is 2.60. The number of nitrogens with one attached hydrogen (secondary N) is 2. The number of amidine groups is 1. The second kappa shape index (κ2) is 9.54. The van der Waals surface area contributed by atoms with Crippen molar-refractivity contribution in [3.05, 3.63) is 53.7 Å². The summed E-state index contributed by atoms with van der Waals surface area (Å²) < 4.78 is 0. The second-order valence-electron chi connectivity index (χ2n) is 6.34. The topological polar surface area (TPSA) is 122 Å².